The van der Waals surface area contributed by atoms with E-state index in [2.05, 4.69) is 16.4 Å². The Balaban J connectivity index is 1.74. The molecule has 0 saturated heterocycles. The van der Waals surface area contributed by atoms with Gasteiger partial charge in [-0.3, -0.25) is 24.8 Å². The number of amides is 1. The van der Waals surface area contributed by atoms with E-state index in [9.17, 15) is 14.7 Å². The van der Waals surface area contributed by atoms with Crippen LogP contribution in [0.3, 0.4) is 0 Å². The van der Waals surface area contributed by atoms with Gasteiger partial charge in [0.25, 0.3) is 0 Å². The predicted octanol–water partition coefficient (Wildman–Crippen LogP) is 3.90. The number of hydrogen-bond donors (Lipinski definition) is 3. The summed E-state index contributed by atoms with van der Waals surface area (Å²) in [5, 5.41) is 10.8. The average Bonchev–Trinajstić information content (AvgIpc) is 3.16. The van der Waals surface area contributed by atoms with E-state index in [1.807, 2.05) is 39.8 Å². The Kier molecular flexibility index (Phi) is 8.17. The second kappa shape index (κ2) is 10.9. The Bertz CT molecular complexity index is 1050. The summed E-state index contributed by atoms with van der Waals surface area (Å²) in [6.45, 7) is 10.2. The molecule has 0 aromatic heterocycles. The molecular weight excluding hydrogens is 434 g/mol. The minimum Gasteiger partial charge on any atom is -0.504 e. The van der Waals surface area contributed by atoms with Crippen molar-refractivity contribution in [3.8, 4) is 11.5 Å². The van der Waals surface area contributed by atoms with Crippen molar-refractivity contribution in [2.75, 3.05) is 25.2 Å². The van der Waals surface area contributed by atoms with Gasteiger partial charge >= 0.3 is 0 Å². The van der Waals surface area contributed by atoms with Crippen LogP contribution in [-0.4, -0.2) is 41.5 Å². The molecule has 1 heterocycles. The van der Waals surface area contributed by atoms with Crippen LogP contribution in [0.2, 0.25) is 0 Å². The van der Waals surface area contributed by atoms with Crippen molar-refractivity contribution in [2.24, 2.45) is 5.73 Å². The molecule has 0 aliphatic carbocycles. The highest BCUT2D eigenvalue weighted by Crippen LogP contribution is 2.39. The quantitative estimate of drug-likeness (QED) is 0.260. The highest BCUT2D eigenvalue weighted by Gasteiger charge is 2.26. The molecule has 0 radical (unpaired) electrons. The minimum atomic E-state index is -0.403. The number of nitrogens with zero attached hydrogens (tertiary/aromatic N) is 1. The third-order valence-corrected chi connectivity index (χ3v) is 5.73. The first-order valence-electron chi connectivity index (χ1n) is 11.6. The molecular formula is C26H35N3O5. The van der Waals surface area contributed by atoms with Gasteiger partial charge in [0.1, 0.15) is 0 Å². The lowest BCUT2D eigenvalue weighted by molar-refractivity contribution is -0.118. The number of primary amides is 1. The number of aromatic hydroxyl groups is 1. The Morgan fingerprint density at radius 3 is 2.56 bits per heavy atom. The molecule has 0 atom stereocenters. The predicted molar refractivity (Wildman–Crippen MR) is 131 cm³/mol. The molecule has 184 valence electrons. The molecule has 0 unspecified atom stereocenters. The van der Waals surface area contributed by atoms with Gasteiger partial charge in [0.05, 0.1) is 25.4 Å². The lowest BCUT2D eigenvalue weighted by atomic mass is 9.84. The number of carbonyl (C=O) groups excluding carboxylic acids is 2. The van der Waals surface area contributed by atoms with E-state index in [1.54, 1.807) is 12.1 Å². The summed E-state index contributed by atoms with van der Waals surface area (Å²) in [5.74, 6) is -0.185. The second-order valence-electron chi connectivity index (χ2n) is 9.63. The monoisotopic (exact) mass is 469 g/mol. The van der Waals surface area contributed by atoms with Crippen LogP contribution in [0, 0.1) is 0 Å². The Morgan fingerprint density at radius 1 is 1.15 bits per heavy atom. The highest BCUT2D eigenvalue weighted by molar-refractivity contribution is 5.98. The van der Waals surface area contributed by atoms with Crippen LogP contribution >= 0.6 is 0 Å². The first kappa shape index (κ1) is 25.5. The summed E-state index contributed by atoms with van der Waals surface area (Å²) in [6, 6.07) is 9.41. The molecule has 1 aliphatic rings. The number of phenols is 1. The molecule has 2 aromatic carbocycles. The smallest absolute Gasteiger partial charge is 0.217 e. The van der Waals surface area contributed by atoms with Gasteiger partial charge in [-0.15, -0.1) is 0 Å². The fraction of sp³-hybridized carbons (Fsp3) is 0.462. The third kappa shape index (κ3) is 6.48. The van der Waals surface area contributed by atoms with Crippen molar-refractivity contribution < 1.29 is 24.3 Å². The van der Waals surface area contributed by atoms with Gasteiger partial charge in [0.15, 0.2) is 17.3 Å². The van der Waals surface area contributed by atoms with Gasteiger partial charge in [-0.05, 0) is 54.2 Å². The number of phenolic OH excluding ortho intramolecular Hbond substituents is 1. The number of nitrogens with one attached hydrogen (secondary N) is 1. The Hall–Kier alpha value is -3.10. The number of nitrogens with two attached hydrogens (primary N) is 1. The van der Waals surface area contributed by atoms with Gasteiger partial charge in [0, 0.05) is 30.6 Å². The summed E-state index contributed by atoms with van der Waals surface area (Å²) < 4.78 is 5.74. The first-order valence-corrected chi connectivity index (χ1v) is 11.6. The van der Waals surface area contributed by atoms with Crippen LogP contribution < -0.4 is 16.0 Å². The SMILES string of the molecule is CCONc1ccc2c(c1)CN(CC(=O)c1cc(OCCCC(N)=O)c(O)c(C(C)(C)C)c1)C2. The Labute approximate surface area is 201 Å². The first-order chi connectivity index (χ1) is 16.1. The standard InChI is InChI=1S/C26H35N3O5/c1-5-34-28-20-9-8-17-14-29(15-19(17)11-20)16-22(30)18-12-21(26(2,3)4)25(32)23(13-18)33-10-6-7-24(27)31/h8-9,11-13,28,32H,5-7,10,14-16H2,1-4H3,(H2,27,31). The van der Waals surface area contributed by atoms with Gasteiger partial charge in [-0.25, -0.2) is 0 Å². The van der Waals surface area contributed by atoms with Crippen molar-refractivity contribution in [3.05, 3.63) is 52.6 Å². The zero-order chi connectivity index (χ0) is 24.9. The van der Waals surface area contributed by atoms with Gasteiger partial charge in [0.2, 0.25) is 5.91 Å². The van der Waals surface area contributed by atoms with Crippen molar-refractivity contribution in [3.63, 3.8) is 0 Å². The molecule has 0 saturated carbocycles. The average molecular weight is 470 g/mol. The van der Waals surface area contributed by atoms with E-state index in [4.69, 9.17) is 15.3 Å². The Morgan fingerprint density at radius 2 is 1.88 bits per heavy atom. The van der Waals surface area contributed by atoms with Gasteiger partial charge < -0.3 is 15.6 Å². The second-order valence-corrected chi connectivity index (χ2v) is 9.63. The lowest BCUT2D eigenvalue weighted by Gasteiger charge is -2.23. The van der Waals surface area contributed by atoms with E-state index in [-0.39, 0.29) is 42.3 Å². The van der Waals surface area contributed by atoms with E-state index in [0.29, 0.717) is 37.2 Å². The molecule has 34 heavy (non-hydrogen) atoms. The van der Waals surface area contributed by atoms with Crippen LogP contribution in [0.25, 0.3) is 0 Å². The number of ether oxygens (including phenoxy) is 1. The molecule has 8 nitrogen and oxygen atoms in total. The molecule has 0 spiro atoms. The summed E-state index contributed by atoms with van der Waals surface area (Å²) in [7, 11) is 0. The van der Waals surface area contributed by atoms with Crippen molar-refractivity contribution in [2.45, 2.75) is 59.0 Å². The number of Topliss-reactive ketones (excluding diaryl/α,β-unsaturated/α-hetero) is 1. The van der Waals surface area contributed by atoms with Crippen LogP contribution in [0.1, 0.15) is 67.6 Å². The topological polar surface area (TPSA) is 114 Å². The van der Waals surface area contributed by atoms with Crippen molar-refractivity contribution in [1.29, 1.82) is 0 Å². The fourth-order valence-corrected chi connectivity index (χ4v) is 3.97. The normalized spacial score (nSPS) is 13.5. The van der Waals surface area contributed by atoms with E-state index in [1.165, 1.54) is 5.56 Å². The maximum Gasteiger partial charge on any atom is 0.217 e. The molecule has 3 rings (SSSR count). The van der Waals surface area contributed by atoms with E-state index < -0.39 is 5.91 Å². The van der Waals surface area contributed by atoms with Crippen LogP contribution in [-0.2, 0) is 28.1 Å². The maximum atomic E-state index is 13.2. The summed E-state index contributed by atoms with van der Waals surface area (Å²) >= 11 is 0. The van der Waals surface area contributed by atoms with Crippen LogP contribution in [0.5, 0.6) is 11.5 Å². The molecule has 4 N–H and O–H groups in total. The number of anilines is 1. The summed E-state index contributed by atoms with van der Waals surface area (Å²) in [6.07, 6.45) is 0.632. The molecule has 0 fully saturated rings. The summed E-state index contributed by atoms with van der Waals surface area (Å²) in [5.41, 5.74) is 12.1. The summed E-state index contributed by atoms with van der Waals surface area (Å²) in [4.78, 5) is 31.6. The molecule has 0 bridgehead atoms. The lowest BCUT2D eigenvalue weighted by Crippen LogP contribution is -2.25. The number of carbonyl (C=O) groups is 2. The highest BCUT2D eigenvalue weighted by atomic mass is 16.6. The molecule has 1 aliphatic heterocycles. The number of benzene rings is 2. The van der Waals surface area contributed by atoms with Crippen molar-refractivity contribution in [1.82, 2.24) is 4.90 Å². The maximum absolute atomic E-state index is 13.2. The zero-order valence-corrected chi connectivity index (χ0v) is 20.4. The van der Waals surface area contributed by atoms with E-state index in [0.717, 1.165) is 11.3 Å². The van der Waals surface area contributed by atoms with Gasteiger partial charge in [-0.1, -0.05) is 26.8 Å². The number of hydrogen-bond acceptors (Lipinski definition) is 7. The fourth-order valence-electron chi connectivity index (χ4n) is 3.97. The number of fused-ring (bicyclic) bond motifs is 1. The number of ketones is 1. The van der Waals surface area contributed by atoms with E-state index >= 15 is 0 Å². The molecule has 2 aromatic rings. The molecule has 1 amide bonds. The van der Waals surface area contributed by atoms with Crippen molar-refractivity contribution >= 4 is 17.4 Å². The number of rotatable bonds is 11. The van der Waals surface area contributed by atoms with Crippen LogP contribution in [0.15, 0.2) is 30.3 Å². The van der Waals surface area contributed by atoms with Crippen LogP contribution in [0.4, 0.5) is 5.69 Å². The zero-order valence-electron chi connectivity index (χ0n) is 20.4. The molecule has 8 heteroatoms. The minimum absolute atomic E-state index is 0.0195. The largest absolute Gasteiger partial charge is 0.504 e. The van der Waals surface area contributed by atoms with Gasteiger partial charge in [-0.2, -0.15) is 0 Å². The third-order valence-electron chi connectivity index (χ3n) is 5.73.